The van der Waals surface area contributed by atoms with Crippen LogP contribution in [0.4, 0.5) is 0 Å². The van der Waals surface area contributed by atoms with E-state index in [0.717, 1.165) is 39.1 Å². The van der Waals surface area contributed by atoms with Crippen LogP contribution in [0.5, 0.6) is 0 Å². The monoisotopic (exact) mass is 235 g/mol. The van der Waals surface area contributed by atoms with Crippen LogP contribution in [0.2, 0.25) is 0 Å². The summed E-state index contributed by atoms with van der Waals surface area (Å²) in [6.07, 6.45) is 4.48. The minimum atomic E-state index is 0.715. The van der Waals surface area contributed by atoms with Gasteiger partial charge in [-0.15, -0.1) is 0 Å². The van der Waals surface area contributed by atoms with Crippen molar-refractivity contribution in [3.8, 4) is 0 Å². The van der Waals surface area contributed by atoms with E-state index >= 15 is 0 Å². The van der Waals surface area contributed by atoms with Gasteiger partial charge in [-0.2, -0.15) is 0 Å². The van der Waals surface area contributed by atoms with Crippen molar-refractivity contribution in [3.05, 3.63) is 35.9 Å². The van der Waals surface area contributed by atoms with E-state index in [0.29, 0.717) is 6.61 Å². The molecule has 0 amide bonds. The van der Waals surface area contributed by atoms with Crippen LogP contribution < -0.4 is 0 Å². The summed E-state index contributed by atoms with van der Waals surface area (Å²) < 4.78 is 10.9. The largest absolute Gasteiger partial charge is 0.379 e. The zero-order valence-electron chi connectivity index (χ0n) is 10.8. The van der Waals surface area contributed by atoms with Crippen molar-refractivity contribution >= 4 is 0 Å². The van der Waals surface area contributed by atoms with Crippen LogP contribution in [0.3, 0.4) is 0 Å². The van der Waals surface area contributed by atoms with Crippen LogP contribution in [-0.4, -0.2) is 26.4 Å². The first-order chi connectivity index (χ1) is 8.43. The van der Waals surface area contributed by atoms with Crippen molar-refractivity contribution in [1.29, 1.82) is 0 Å². The molecule has 0 saturated heterocycles. The number of rotatable bonds is 10. The molecule has 1 radical (unpaired) electrons. The van der Waals surface area contributed by atoms with E-state index < -0.39 is 0 Å². The second-order valence-electron chi connectivity index (χ2n) is 4.09. The average Bonchev–Trinajstić information content (AvgIpc) is 2.38. The Morgan fingerprint density at radius 1 is 0.941 bits per heavy atom. The predicted molar refractivity (Wildman–Crippen MR) is 70.1 cm³/mol. The Labute approximate surface area is 105 Å². The van der Waals surface area contributed by atoms with E-state index in [1.54, 1.807) is 0 Å². The van der Waals surface area contributed by atoms with Gasteiger partial charge in [0.15, 0.2) is 0 Å². The summed E-state index contributed by atoms with van der Waals surface area (Å²) in [5.74, 6) is 0. The van der Waals surface area contributed by atoms with Gasteiger partial charge in [-0.1, -0.05) is 37.6 Å². The summed E-state index contributed by atoms with van der Waals surface area (Å²) in [6.45, 7) is 5.28. The van der Waals surface area contributed by atoms with Gasteiger partial charge < -0.3 is 9.47 Å². The average molecular weight is 235 g/mol. The number of aryl methyl sites for hydroxylation is 1. The third kappa shape index (κ3) is 7.94. The molecule has 0 atom stereocenters. The predicted octanol–water partition coefficient (Wildman–Crippen LogP) is 3.25. The number of ether oxygens (including phenoxy) is 2. The maximum atomic E-state index is 5.50. The van der Waals surface area contributed by atoms with Gasteiger partial charge in [0.25, 0.3) is 0 Å². The van der Waals surface area contributed by atoms with Crippen molar-refractivity contribution in [2.45, 2.75) is 32.6 Å². The molecule has 0 bridgehead atoms. The lowest BCUT2D eigenvalue weighted by molar-refractivity contribution is 0.0459. The van der Waals surface area contributed by atoms with Crippen LogP contribution in [-0.2, 0) is 15.9 Å². The third-order valence-electron chi connectivity index (χ3n) is 2.56. The number of unbranched alkanes of at least 4 members (excludes halogenated alkanes) is 1. The van der Waals surface area contributed by atoms with Crippen molar-refractivity contribution < 1.29 is 9.47 Å². The van der Waals surface area contributed by atoms with E-state index in [-0.39, 0.29) is 0 Å². The molecule has 0 N–H and O–H groups in total. The summed E-state index contributed by atoms with van der Waals surface area (Å²) in [7, 11) is 0. The van der Waals surface area contributed by atoms with Crippen molar-refractivity contribution in [1.82, 2.24) is 0 Å². The molecule has 2 nitrogen and oxygen atoms in total. The highest BCUT2D eigenvalue weighted by Crippen LogP contribution is 2.01. The fourth-order valence-corrected chi connectivity index (χ4v) is 1.53. The van der Waals surface area contributed by atoms with Crippen LogP contribution in [0.1, 0.15) is 31.7 Å². The Bertz CT molecular complexity index is 259. The Morgan fingerprint density at radius 3 is 2.24 bits per heavy atom. The van der Waals surface area contributed by atoms with Crippen LogP contribution >= 0.6 is 0 Å². The molecule has 1 rings (SSSR count). The summed E-state index contributed by atoms with van der Waals surface area (Å²) in [4.78, 5) is 0. The molecular formula is C15H23O2. The molecule has 0 spiro atoms. The molecule has 0 saturated carbocycles. The minimum absolute atomic E-state index is 0.715. The van der Waals surface area contributed by atoms with Crippen molar-refractivity contribution in [2.24, 2.45) is 0 Å². The van der Waals surface area contributed by atoms with E-state index in [4.69, 9.17) is 9.47 Å². The Hall–Kier alpha value is -0.860. The summed E-state index contributed by atoms with van der Waals surface area (Å²) in [6, 6.07) is 11.1. The molecule has 0 fully saturated rings. The molecule has 17 heavy (non-hydrogen) atoms. The van der Waals surface area contributed by atoms with Gasteiger partial charge in [0.2, 0.25) is 0 Å². The van der Waals surface area contributed by atoms with Gasteiger partial charge >= 0.3 is 0 Å². The standard InChI is InChI=1S/C15H23O2/c1-2-3-11-16-13-14-17-12-7-10-15-8-5-4-6-9-15/h5-6,8-9H,2-3,7,10-14H2,1H3. The van der Waals surface area contributed by atoms with Gasteiger partial charge in [0, 0.05) is 13.2 Å². The molecule has 0 aromatic heterocycles. The number of hydrogen-bond acceptors (Lipinski definition) is 2. The molecule has 0 aliphatic rings. The zero-order valence-corrected chi connectivity index (χ0v) is 10.8. The molecular weight excluding hydrogens is 212 g/mol. The van der Waals surface area contributed by atoms with Crippen LogP contribution in [0.25, 0.3) is 0 Å². The Balaban J connectivity index is 1.85. The van der Waals surface area contributed by atoms with Crippen molar-refractivity contribution in [2.75, 3.05) is 26.4 Å². The smallest absolute Gasteiger partial charge is 0.0700 e. The highest BCUT2D eigenvalue weighted by atomic mass is 16.5. The summed E-state index contributed by atoms with van der Waals surface area (Å²) in [5, 5.41) is 0. The minimum Gasteiger partial charge on any atom is -0.379 e. The Kier molecular flexibility index (Phi) is 8.61. The maximum absolute atomic E-state index is 5.50. The molecule has 1 aromatic rings. The lowest BCUT2D eigenvalue weighted by Gasteiger charge is -2.05. The first-order valence-electron chi connectivity index (χ1n) is 6.54. The van der Waals surface area contributed by atoms with Gasteiger partial charge in [-0.25, -0.2) is 0 Å². The summed E-state index contributed by atoms with van der Waals surface area (Å²) in [5.41, 5.74) is 1.35. The summed E-state index contributed by atoms with van der Waals surface area (Å²) >= 11 is 0. The highest BCUT2D eigenvalue weighted by Gasteiger charge is 1.93. The van der Waals surface area contributed by atoms with E-state index in [1.165, 1.54) is 12.0 Å². The fraction of sp³-hybridized carbons (Fsp3) is 0.600. The highest BCUT2D eigenvalue weighted by molar-refractivity contribution is 5.13. The SMILES string of the molecule is CCCCOCCOCCCc1cc[c]cc1. The van der Waals surface area contributed by atoms with E-state index in [9.17, 15) is 0 Å². The molecule has 0 heterocycles. The normalized spacial score (nSPS) is 10.6. The van der Waals surface area contributed by atoms with Crippen LogP contribution in [0.15, 0.2) is 24.3 Å². The zero-order chi connectivity index (χ0) is 12.2. The van der Waals surface area contributed by atoms with Gasteiger partial charge in [0.1, 0.15) is 0 Å². The molecule has 0 unspecified atom stereocenters. The molecule has 0 aliphatic heterocycles. The van der Waals surface area contributed by atoms with Crippen molar-refractivity contribution in [3.63, 3.8) is 0 Å². The van der Waals surface area contributed by atoms with E-state index in [1.807, 2.05) is 12.1 Å². The molecule has 95 valence electrons. The first-order valence-corrected chi connectivity index (χ1v) is 6.54. The second-order valence-corrected chi connectivity index (χ2v) is 4.09. The maximum Gasteiger partial charge on any atom is 0.0700 e. The second kappa shape index (κ2) is 10.3. The van der Waals surface area contributed by atoms with Crippen LogP contribution in [0, 0.1) is 6.07 Å². The molecule has 2 heteroatoms. The topological polar surface area (TPSA) is 18.5 Å². The van der Waals surface area contributed by atoms with Gasteiger partial charge in [-0.3, -0.25) is 0 Å². The lowest BCUT2D eigenvalue weighted by Crippen LogP contribution is -2.06. The fourth-order valence-electron chi connectivity index (χ4n) is 1.53. The molecule has 1 aromatic carbocycles. The lowest BCUT2D eigenvalue weighted by atomic mass is 10.1. The number of hydrogen-bond donors (Lipinski definition) is 0. The Morgan fingerprint density at radius 2 is 1.59 bits per heavy atom. The third-order valence-corrected chi connectivity index (χ3v) is 2.56. The number of benzene rings is 1. The van der Waals surface area contributed by atoms with Gasteiger partial charge in [0.05, 0.1) is 13.2 Å². The van der Waals surface area contributed by atoms with Gasteiger partial charge in [-0.05, 0) is 30.9 Å². The first kappa shape index (κ1) is 14.2. The quantitative estimate of drug-likeness (QED) is 0.580. The molecule has 0 aliphatic carbocycles. The van der Waals surface area contributed by atoms with E-state index in [2.05, 4.69) is 25.1 Å².